The van der Waals surface area contributed by atoms with E-state index in [0.29, 0.717) is 11.5 Å². The van der Waals surface area contributed by atoms with Crippen molar-refractivity contribution in [3.63, 3.8) is 0 Å². The summed E-state index contributed by atoms with van der Waals surface area (Å²) in [5.74, 6) is 0.126. The number of aliphatic imine (C=N–C) groups is 1. The molecule has 120 valence electrons. The standard InChI is InChI=1S/C18H19ClFN3/c1-18(9-10-23(2)17(21)22-18)13-6-3-5-12(11-13)14-7-4-8-15(19)16(14)20/h3-8,11H,9-10H2,1-2H3,(H2,21,22). The van der Waals surface area contributed by atoms with Crippen molar-refractivity contribution in [3.8, 4) is 11.1 Å². The van der Waals surface area contributed by atoms with Crippen molar-refractivity contribution >= 4 is 17.6 Å². The molecule has 1 unspecified atom stereocenters. The minimum Gasteiger partial charge on any atom is -0.370 e. The number of nitrogens with zero attached hydrogens (tertiary/aromatic N) is 2. The van der Waals surface area contributed by atoms with Crippen molar-refractivity contribution < 1.29 is 4.39 Å². The molecule has 1 heterocycles. The maximum absolute atomic E-state index is 14.3. The van der Waals surface area contributed by atoms with E-state index in [0.717, 1.165) is 24.1 Å². The van der Waals surface area contributed by atoms with Crippen molar-refractivity contribution in [2.75, 3.05) is 13.6 Å². The third-order valence-corrected chi connectivity index (χ3v) is 4.73. The van der Waals surface area contributed by atoms with Gasteiger partial charge in [0.05, 0.1) is 10.6 Å². The number of benzene rings is 2. The van der Waals surface area contributed by atoms with E-state index in [9.17, 15) is 4.39 Å². The van der Waals surface area contributed by atoms with Crippen LogP contribution in [0.4, 0.5) is 4.39 Å². The number of hydrogen-bond acceptors (Lipinski definition) is 3. The van der Waals surface area contributed by atoms with Crippen LogP contribution in [0.1, 0.15) is 18.9 Å². The Morgan fingerprint density at radius 1 is 1.26 bits per heavy atom. The van der Waals surface area contributed by atoms with E-state index in [1.807, 2.05) is 36.2 Å². The first-order chi connectivity index (χ1) is 10.9. The van der Waals surface area contributed by atoms with Crippen molar-refractivity contribution in [2.45, 2.75) is 18.9 Å². The Bertz CT molecular complexity index is 775. The van der Waals surface area contributed by atoms with Gasteiger partial charge >= 0.3 is 0 Å². The van der Waals surface area contributed by atoms with Crippen LogP contribution in [0.25, 0.3) is 11.1 Å². The SMILES string of the molecule is CN1CCC(C)(c2cccc(-c3cccc(Cl)c3F)c2)N=C1N. The van der Waals surface area contributed by atoms with Crippen molar-refractivity contribution in [2.24, 2.45) is 10.7 Å². The fraction of sp³-hybridized carbons (Fsp3) is 0.278. The van der Waals surface area contributed by atoms with Gasteiger partial charge in [0.2, 0.25) is 0 Å². The van der Waals surface area contributed by atoms with E-state index in [1.165, 1.54) is 0 Å². The van der Waals surface area contributed by atoms with Gasteiger partial charge in [0.15, 0.2) is 5.96 Å². The van der Waals surface area contributed by atoms with Crippen LogP contribution >= 0.6 is 11.6 Å². The molecule has 1 atom stereocenters. The highest BCUT2D eigenvalue weighted by atomic mass is 35.5. The van der Waals surface area contributed by atoms with E-state index in [-0.39, 0.29) is 5.02 Å². The molecule has 0 saturated carbocycles. The van der Waals surface area contributed by atoms with Gasteiger partial charge in [-0.3, -0.25) is 0 Å². The second-order valence-electron chi connectivity index (χ2n) is 6.10. The fourth-order valence-electron chi connectivity index (χ4n) is 2.85. The van der Waals surface area contributed by atoms with Crippen LogP contribution in [0.2, 0.25) is 5.02 Å². The van der Waals surface area contributed by atoms with Crippen LogP contribution < -0.4 is 5.73 Å². The Kier molecular flexibility index (Phi) is 4.02. The third-order valence-electron chi connectivity index (χ3n) is 4.43. The molecule has 2 aromatic rings. The second kappa shape index (κ2) is 5.85. The molecule has 0 fully saturated rings. The van der Waals surface area contributed by atoms with Crippen molar-refractivity contribution in [1.82, 2.24) is 4.90 Å². The Labute approximate surface area is 140 Å². The maximum atomic E-state index is 14.3. The van der Waals surface area contributed by atoms with E-state index < -0.39 is 11.4 Å². The molecule has 2 aromatic carbocycles. The quantitative estimate of drug-likeness (QED) is 0.903. The molecule has 3 nitrogen and oxygen atoms in total. The van der Waals surface area contributed by atoms with Gasteiger partial charge in [-0.25, -0.2) is 9.38 Å². The molecule has 0 spiro atoms. The first kappa shape index (κ1) is 15.8. The average Bonchev–Trinajstić information content (AvgIpc) is 2.54. The molecule has 23 heavy (non-hydrogen) atoms. The lowest BCUT2D eigenvalue weighted by Gasteiger charge is -2.35. The highest BCUT2D eigenvalue weighted by Gasteiger charge is 2.31. The first-order valence-corrected chi connectivity index (χ1v) is 7.90. The summed E-state index contributed by atoms with van der Waals surface area (Å²) in [6.45, 7) is 2.89. The van der Waals surface area contributed by atoms with Crippen LogP contribution in [-0.2, 0) is 5.54 Å². The minimum absolute atomic E-state index is 0.126. The molecule has 1 aliphatic rings. The van der Waals surface area contributed by atoms with E-state index in [2.05, 4.69) is 11.9 Å². The van der Waals surface area contributed by atoms with Gasteiger partial charge in [0.1, 0.15) is 5.82 Å². The summed E-state index contributed by atoms with van der Waals surface area (Å²) in [4.78, 5) is 6.57. The van der Waals surface area contributed by atoms with Crippen molar-refractivity contribution in [3.05, 3.63) is 58.9 Å². The molecule has 0 aromatic heterocycles. The Morgan fingerprint density at radius 3 is 2.74 bits per heavy atom. The largest absolute Gasteiger partial charge is 0.370 e. The van der Waals surface area contributed by atoms with Crippen LogP contribution in [0, 0.1) is 5.82 Å². The van der Waals surface area contributed by atoms with E-state index in [1.54, 1.807) is 18.2 Å². The van der Waals surface area contributed by atoms with Crippen LogP contribution in [0.3, 0.4) is 0 Å². The Morgan fingerprint density at radius 2 is 2.00 bits per heavy atom. The highest BCUT2D eigenvalue weighted by molar-refractivity contribution is 6.31. The van der Waals surface area contributed by atoms with Crippen molar-refractivity contribution in [1.29, 1.82) is 0 Å². The van der Waals surface area contributed by atoms with Crippen LogP contribution in [0.5, 0.6) is 0 Å². The van der Waals surface area contributed by atoms with Gasteiger partial charge < -0.3 is 10.6 Å². The van der Waals surface area contributed by atoms with Gasteiger partial charge in [-0.15, -0.1) is 0 Å². The molecule has 0 aliphatic carbocycles. The molecule has 0 saturated heterocycles. The molecule has 0 bridgehead atoms. The van der Waals surface area contributed by atoms with E-state index >= 15 is 0 Å². The molecule has 0 amide bonds. The molecular formula is C18H19ClFN3. The number of rotatable bonds is 2. The summed E-state index contributed by atoms with van der Waals surface area (Å²) >= 11 is 5.90. The molecule has 5 heteroatoms. The summed E-state index contributed by atoms with van der Waals surface area (Å²) in [7, 11) is 1.93. The predicted octanol–water partition coefficient (Wildman–Crippen LogP) is 4.01. The predicted molar refractivity (Wildman–Crippen MR) is 93.1 cm³/mol. The zero-order valence-electron chi connectivity index (χ0n) is 13.2. The Balaban J connectivity index is 2.06. The molecule has 1 aliphatic heterocycles. The Hall–Kier alpha value is -2.07. The lowest BCUT2D eigenvalue weighted by atomic mass is 9.86. The third kappa shape index (κ3) is 2.91. The van der Waals surface area contributed by atoms with Gasteiger partial charge in [0, 0.05) is 19.2 Å². The fourth-order valence-corrected chi connectivity index (χ4v) is 3.03. The summed E-state index contributed by atoms with van der Waals surface area (Å²) < 4.78 is 14.3. The highest BCUT2D eigenvalue weighted by Crippen LogP contribution is 2.35. The summed E-state index contributed by atoms with van der Waals surface area (Å²) in [5, 5.41) is 0.126. The van der Waals surface area contributed by atoms with Crippen LogP contribution in [-0.4, -0.2) is 24.5 Å². The topological polar surface area (TPSA) is 41.6 Å². The van der Waals surface area contributed by atoms with Gasteiger partial charge in [0.25, 0.3) is 0 Å². The lowest BCUT2D eigenvalue weighted by Crippen LogP contribution is -2.43. The minimum atomic E-state index is -0.401. The van der Waals surface area contributed by atoms with Gasteiger partial charge in [-0.05, 0) is 36.6 Å². The second-order valence-corrected chi connectivity index (χ2v) is 6.50. The number of halogens is 2. The summed E-state index contributed by atoms with van der Waals surface area (Å²) in [6.07, 6.45) is 0.853. The summed E-state index contributed by atoms with van der Waals surface area (Å²) in [6, 6.07) is 12.8. The molecular weight excluding hydrogens is 313 g/mol. The molecule has 3 rings (SSSR count). The first-order valence-electron chi connectivity index (χ1n) is 7.52. The number of guanidine groups is 1. The van der Waals surface area contributed by atoms with E-state index in [4.69, 9.17) is 17.3 Å². The van der Waals surface area contributed by atoms with Crippen LogP contribution in [0.15, 0.2) is 47.5 Å². The zero-order valence-corrected chi connectivity index (χ0v) is 13.9. The molecule has 2 N–H and O–H groups in total. The maximum Gasteiger partial charge on any atom is 0.191 e. The lowest BCUT2D eigenvalue weighted by molar-refractivity contribution is 0.339. The van der Waals surface area contributed by atoms with Gasteiger partial charge in [-0.2, -0.15) is 0 Å². The number of nitrogens with two attached hydrogens (primary N) is 1. The monoisotopic (exact) mass is 331 g/mol. The normalized spacial score (nSPS) is 21.2. The smallest absolute Gasteiger partial charge is 0.191 e. The zero-order chi connectivity index (χ0) is 16.6. The summed E-state index contributed by atoms with van der Waals surface area (Å²) in [5.41, 5.74) is 7.88. The van der Waals surface area contributed by atoms with Gasteiger partial charge in [-0.1, -0.05) is 41.9 Å². The number of hydrogen-bond donors (Lipinski definition) is 1. The average molecular weight is 332 g/mol. The molecule has 0 radical (unpaired) electrons.